The summed E-state index contributed by atoms with van der Waals surface area (Å²) in [5, 5.41) is 3.30. The maximum atomic E-state index is 13.3. The summed E-state index contributed by atoms with van der Waals surface area (Å²) in [7, 11) is 0. The molecule has 0 radical (unpaired) electrons. The molecule has 43 heavy (non-hydrogen) atoms. The van der Waals surface area contributed by atoms with Gasteiger partial charge in [-0.2, -0.15) is 0 Å². The highest BCUT2D eigenvalue weighted by Crippen LogP contribution is 2.31. The lowest BCUT2D eigenvalue weighted by Gasteiger charge is -2.40. The maximum absolute atomic E-state index is 13.3. The fraction of sp³-hybridized carbons (Fsp3) is 0.595. The Hall–Kier alpha value is -2.83. The number of amides is 1. The van der Waals surface area contributed by atoms with Gasteiger partial charge in [0.15, 0.2) is 0 Å². The van der Waals surface area contributed by atoms with Gasteiger partial charge in [0.1, 0.15) is 6.04 Å². The number of allylic oxidation sites excluding steroid dienone is 1. The minimum Gasteiger partial charge on any atom is -0.379 e. The highest BCUT2D eigenvalue weighted by Gasteiger charge is 2.36. The second-order valence-electron chi connectivity index (χ2n) is 13.4. The van der Waals surface area contributed by atoms with E-state index in [4.69, 9.17) is 10.5 Å². The van der Waals surface area contributed by atoms with Crippen LogP contribution < -0.4 is 11.1 Å². The fourth-order valence-electron chi connectivity index (χ4n) is 5.56. The van der Waals surface area contributed by atoms with E-state index >= 15 is 0 Å². The lowest BCUT2D eigenvalue weighted by atomic mass is 9.82. The van der Waals surface area contributed by atoms with Crippen LogP contribution in [0.3, 0.4) is 0 Å². The predicted molar refractivity (Wildman–Crippen MR) is 182 cm³/mol. The number of hydrogen-bond acceptors (Lipinski definition) is 5. The molecule has 1 aromatic rings. The van der Waals surface area contributed by atoms with Crippen LogP contribution in [0.1, 0.15) is 92.1 Å². The molecule has 1 saturated heterocycles. The van der Waals surface area contributed by atoms with E-state index in [1.54, 1.807) is 0 Å². The minimum atomic E-state index is -0.465. The first kappa shape index (κ1) is 36.4. The zero-order chi connectivity index (χ0) is 32.0. The van der Waals surface area contributed by atoms with E-state index in [1.807, 2.05) is 57.3 Å². The normalized spacial score (nSPS) is 17.5. The van der Waals surface area contributed by atoms with Crippen LogP contribution in [0.5, 0.6) is 0 Å². The quantitative estimate of drug-likeness (QED) is 0.232. The molecule has 1 aliphatic heterocycles. The molecule has 2 unspecified atom stereocenters. The fourth-order valence-corrected chi connectivity index (χ4v) is 5.56. The summed E-state index contributed by atoms with van der Waals surface area (Å²) in [5.41, 5.74) is 9.71. The Balaban J connectivity index is 0.000000304. The van der Waals surface area contributed by atoms with Gasteiger partial charge < -0.3 is 25.6 Å². The maximum Gasteiger partial charge on any atom is 0.245 e. The van der Waals surface area contributed by atoms with Gasteiger partial charge in [0.05, 0.1) is 19.3 Å². The van der Waals surface area contributed by atoms with Crippen LogP contribution in [0, 0.1) is 11.8 Å². The molecule has 1 saturated carbocycles. The Morgan fingerprint density at radius 3 is 2.21 bits per heavy atom. The van der Waals surface area contributed by atoms with Gasteiger partial charge in [0, 0.05) is 30.5 Å². The summed E-state index contributed by atoms with van der Waals surface area (Å²) in [6.45, 7) is 27.2. The molecular weight excluding hydrogens is 532 g/mol. The highest BCUT2D eigenvalue weighted by atomic mass is 16.5. The van der Waals surface area contributed by atoms with Gasteiger partial charge in [-0.25, -0.2) is 0 Å². The van der Waals surface area contributed by atoms with Gasteiger partial charge in [-0.15, -0.1) is 0 Å². The SMILES string of the molecule is C=C(C)C(COCc1ccccc1)NC(=C)C(C)(C)N.C=CN(C=C(C)C)C(C(=O)N1CCC(C)CC1)C1CCCCC1. The molecule has 0 aromatic heterocycles. The van der Waals surface area contributed by atoms with E-state index in [9.17, 15) is 4.79 Å². The second-order valence-corrected chi connectivity index (χ2v) is 13.4. The Bertz CT molecular complexity index is 1040. The smallest absolute Gasteiger partial charge is 0.245 e. The number of ether oxygens (including phenoxy) is 1. The van der Waals surface area contributed by atoms with E-state index in [2.05, 4.69) is 61.8 Å². The first-order chi connectivity index (χ1) is 20.3. The van der Waals surface area contributed by atoms with Crippen molar-refractivity contribution in [3.8, 4) is 0 Å². The summed E-state index contributed by atoms with van der Waals surface area (Å²) in [4.78, 5) is 17.5. The highest BCUT2D eigenvalue weighted by molar-refractivity contribution is 5.82. The predicted octanol–water partition coefficient (Wildman–Crippen LogP) is 7.55. The summed E-state index contributed by atoms with van der Waals surface area (Å²) >= 11 is 0. The van der Waals surface area contributed by atoms with Gasteiger partial charge in [0.2, 0.25) is 5.91 Å². The molecule has 240 valence electrons. The first-order valence-electron chi connectivity index (χ1n) is 16.2. The van der Waals surface area contributed by atoms with Crippen molar-refractivity contribution in [1.29, 1.82) is 0 Å². The van der Waals surface area contributed by atoms with Gasteiger partial charge in [-0.1, -0.05) is 87.4 Å². The number of nitrogens with one attached hydrogen (secondary N) is 1. The largest absolute Gasteiger partial charge is 0.379 e. The van der Waals surface area contributed by atoms with E-state index in [0.29, 0.717) is 25.0 Å². The van der Waals surface area contributed by atoms with Crippen molar-refractivity contribution in [3.63, 3.8) is 0 Å². The van der Waals surface area contributed by atoms with Crippen LogP contribution >= 0.6 is 0 Å². The Morgan fingerprint density at radius 2 is 1.70 bits per heavy atom. The topological polar surface area (TPSA) is 70.8 Å². The number of hydrogen-bond donors (Lipinski definition) is 2. The number of nitrogens with two attached hydrogens (primary N) is 1. The zero-order valence-electron chi connectivity index (χ0n) is 28.0. The monoisotopic (exact) mass is 592 g/mol. The molecule has 1 amide bonds. The third-order valence-electron chi connectivity index (χ3n) is 8.50. The summed E-state index contributed by atoms with van der Waals surface area (Å²) in [6.07, 6.45) is 12.4. The van der Waals surface area contributed by atoms with Crippen LogP contribution in [-0.2, 0) is 16.1 Å². The lowest BCUT2D eigenvalue weighted by Crippen LogP contribution is -2.51. The van der Waals surface area contributed by atoms with E-state index in [-0.39, 0.29) is 12.1 Å². The molecule has 2 atom stereocenters. The third kappa shape index (κ3) is 12.7. The van der Waals surface area contributed by atoms with E-state index in [0.717, 1.165) is 48.7 Å². The van der Waals surface area contributed by atoms with Crippen molar-refractivity contribution in [3.05, 3.63) is 84.9 Å². The third-order valence-corrected chi connectivity index (χ3v) is 8.50. The molecule has 0 bridgehead atoms. The van der Waals surface area contributed by atoms with Crippen LogP contribution in [-0.4, -0.2) is 53.0 Å². The molecule has 6 nitrogen and oxygen atoms in total. The standard InChI is InChI=1S/C20H34N2O.C17H26N2O/c1-5-21(15-16(2)3)19(18-9-7-6-8-10-18)20(23)22-13-11-17(4)12-14-22;1-13(2)16(19-14(3)17(4,5)18)12-20-11-15-9-7-6-8-10-15/h5,15,17-19H,1,6-14H2,2-4H3;6-10,16,19H,1,3,11-12,18H2,2,4-5H3. The number of piperidine rings is 1. The van der Waals surface area contributed by atoms with Crippen molar-refractivity contribution >= 4 is 5.91 Å². The van der Waals surface area contributed by atoms with Gasteiger partial charge >= 0.3 is 0 Å². The number of benzene rings is 1. The molecule has 1 aliphatic carbocycles. The molecule has 2 aliphatic rings. The Kier molecular flexibility index (Phi) is 15.3. The molecule has 2 fully saturated rings. The van der Waals surface area contributed by atoms with Crippen molar-refractivity contribution in [1.82, 2.24) is 15.1 Å². The Morgan fingerprint density at radius 1 is 1.09 bits per heavy atom. The Labute approximate surface area is 263 Å². The number of rotatable bonds is 13. The number of carbonyl (C=O) groups excluding carboxylic acids is 1. The second kappa shape index (κ2) is 18.1. The van der Waals surface area contributed by atoms with E-state index in [1.165, 1.54) is 37.7 Å². The van der Waals surface area contributed by atoms with E-state index < -0.39 is 5.54 Å². The molecule has 6 heteroatoms. The van der Waals surface area contributed by atoms with Crippen LogP contribution in [0.2, 0.25) is 0 Å². The van der Waals surface area contributed by atoms with Crippen molar-refractivity contribution in [2.45, 2.75) is 111 Å². The molecule has 3 N–H and O–H groups in total. The first-order valence-corrected chi connectivity index (χ1v) is 16.2. The number of nitrogens with zero attached hydrogens (tertiary/aromatic N) is 2. The average molecular weight is 593 g/mol. The number of likely N-dealkylation sites (tertiary alicyclic amines) is 1. The van der Waals surface area contributed by atoms with Crippen LogP contribution in [0.15, 0.2) is 79.3 Å². The zero-order valence-corrected chi connectivity index (χ0v) is 28.0. The van der Waals surface area contributed by atoms with Gasteiger partial charge in [-0.05, 0) is 83.9 Å². The number of carbonyl (C=O) groups is 1. The summed E-state index contributed by atoms with van der Waals surface area (Å²) < 4.78 is 5.75. The minimum absolute atomic E-state index is 0.0223. The van der Waals surface area contributed by atoms with Crippen molar-refractivity contribution in [2.24, 2.45) is 17.6 Å². The molecule has 1 heterocycles. The average Bonchev–Trinajstić information content (AvgIpc) is 2.97. The lowest BCUT2D eigenvalue weighted by molar-refractivity contribution is -0.139. The van der Waals surface area contributed by atoms with Gasteiger partial charge in [0.25, 0.3) is 0 Å². The van der Waals surface area contributed by atoms with Crippen LogP contribution in [0.4, 0.5) is 0 Å². The van der Waals surface area contributed by atoms with Gasteiger partial charge in [-0.3, -0.25) is 4.79 Å². The molecule has 1 aromatic carbocycles. The summed E-state index contributed by atoms with van der Waals surface area (Å²) in [5.74, 6) is 1.53. The molecule has 3 rings (SSSR count). The van der Waals surface area contributed by atoms with Crippen molar-refractivity contribution in [2.75, 3.05) is 19.7 Å². The molecular formula is C37H60N4O2. The van der Waals surface area contributed by atoms with Crippen molar-refractivity contribution < 1.29 is 9.53 Å². The molecule has 0 spiro atoms. The van der Waals surface area contributed by atoms with Crippen LogP contribution in [0.25, 0.3) is 0 Å². The summed E-state index contributed by atoms with van der Waals surface area (Å²) in [6, 6.07) is 10.1.